The number of hydrogen-bond donors (Lipinski definition) is 1. The van der Waals surface area contributed by atoms with Gasteiger partial charge in [-0.2, -0.15) is 9.40 Å². The van der Waals surface area contributed by atoms with E-state index < -0.39 is 22.5 Å². The molecule has 1 amide bonds. The maximum atomic E-state index is 12.4. The molecule has 0 aliphatic carbocycles. The molecule has 9 nitrogen and oxygen atoms in total. The monoisotopic (exact) mass is 316 g/mol. The third-order valence-electron chi connectivity index (χ3n) is 3.18. The van der Waals surface area contributed by atoms with Crippen LogP contribution < -0.4 is 0 Å². The van der Waals surface area contributed by atoms with Crippen molar-refractivity contribution in [2.24, 2.45) is 0 Å². The zero-order valence-electron chi connectivity index (χ0n) is 11.5. The summed E-state index contributed by atoms with van der Waals surface area (Å²) >= 11 is 0. The summed E-state index contributed by atoms with van der Waals surface area (Å²) in [5, 5.41) is 12.4. The summed E-state index contributed by atoms with van der Waals surface area (Å²) in [5.41, 5.74) is 0. The fraction of sp³-hybridized carbons (Fsp3) is 0.545. The standard InChI is InChI=1S/C11H16N4O5S/c1-13-3-2-4-15(7-10(13)16)21(19,20)9-5-12-14(6-9)8-11(17)18/h5-6H,2-4,7-8H2,1H3,(H,17,18). The molecule has 1 aliphatic rings. The van der Waals surface area contributed by atoms with Crippen LogP contribution in [0.1, 0.15) is 6.42 Å². The average molecular weight is 316 g/mol. The number of likely N-dealkylation sites (N-methyl/N-ethyl adjacent to an activating group) is 1. The minimum atomic E-state index is -3.85. The van der Waals surface area contributed by atoms with Crippen LogP contribution >= 0.6 is 0 Å². The number of nitrogens with zero attached hydrogens (tertiary/aromatic N) is 4. The first-order chi connectivity index (χ1) is 9.80. The minimum Gasteiger partial charge on any atom is -0.480 e. The fourth-order valence-electron chi connectivity index (χ4n) is 2.02. The Balaban J connectivity index is 2.22. The van der Waals surface area contributed by atoms with Gasteiger partial charge in [0.1, 0.15) is 11.4 Å². The van der Waals surface area contributed by atoms with Crippen molar-refractivity contribution in [1.82, 2.24) is 19.0 Å². The van der Waals surface area contributed by atoms with E-state index >= 15 is 0 Å². The predicted octanol–water partition coefficient (Wildman–Crippen LogP) is -1.18. The highest BCUT2D eigenvalue weighted by Crippen LogP contribution is 2.17. The Labute approximate surface area is 121 Å². The van der Waals surface area contributed by atoms with Crippen LogP contribution in [0.4, 0.5) is 0 Å². The van der Waals surface area contributed by atoms with Gasteiger partial charge >= 0.3 is 5.97 Å². The topological polar surface area (TPSA) is 113 Å². The molecule has 0 atom stereocenters. The van der Waals surface area contributed by atoms with Gasteiger partial charge in [-0.05, 0) is 6.42 Å². The SMILES string of the molecule is CN1CCCN(S(=O)(=O)c2cnn(CC(=O)O)c2)CC1=O. The summed E-state index contributed by atoms with van der Waals surface area (Å²) in [5.74, 6) is -1.39. The summed E-state index contributed by atoms with van der Waals surface area (Å²) < 4.78 is 27.0. The van der Waals surface area contributed by atoms with Crippen LogP contribution in [0.15, 0.2) is 17.3 Å². The molecule has 1 fully saturated rings. The first-order valence-electron chi connectivity index (χ1n) is 6.29. The third-order valence-corrected chi connectivity index (χ3v) is 4.98. The number of carbonyl (C=O) groups excluding carboxylic acids is 1. The van der Waals surface area contributed by atoms with Crippen LogP contribution in [0, 0.1) is 0 Å². The average Bonchev–Trinajstić information content (AvgIpc) is 2.78. The van der Waals surface area contributed by atoms with Gasteiger partial charge < -0.3 is 10.0 Å². The molecule has 116 valence electrons. The summed E-state index contributed by atoms with van der Waals surface area (Å²) in [6, 6.07) is 0. The summed E-state index contributed by atoms with van der Waals surface area (Å²) in [7, 11) is -2.22. The van der Waals surface area contributed by atoms with Crippen molar-refractivity contribution in [3.8, 4) is 0 Å². The quantitative estimate of drug-likeness (QED) is 0.748. The lowest BCUT2D eigenvalue weighted by molar-refractivity contribution is -0.138. The van der Waals surface area contributed by atoms with Crippen molar-refractivity contribution in [3.05, 3.63) is 12.4 Å². The molecule has 0 spiro atoms. The molecule has 1 saturated heterocycles. The van der Waals surface area contributed by atoms with E-state index in [9.17, 15) is 18.0 Å². The molecule has 0 unspecified atom stereocenters. The molecule has 0 aromatic carbocycles. The van der Waals surface area contributed by atoms with E-state index in [4.69, 9.17) is 5.11 Å². The second-order valence-electron chi connectivity index (χ2n) is 4.77. The zero-order valence-corrected chi connectivity index (χ0v) is 12.3. The Kier molecular flexibility index (Phi) is 4.28. The van der Waals surface area contributed by atoms with Crippen molar-refractivity contribution in [3.63, 3.8) is 0 Å². The van der Waals surface area contributed by atoms with Crippen molar-refractivity contribution in [1.29, 1.82) is 0 Å². The number of aromatic nitrogens is 2. The molecule has 0 saturated carbocycles. The Bertz CT molecular complexity index is 653. The number of rotatable bonds is 4. The number of carbonyl (C=O) groups is 2. The maximum Gasteiger partial charge on any atom is 0.325 e. The lowest BCUT2D eigenvalue weighted by Gasteiger charge is -2.18. The molecule has 0 bridgehead atoms. The highest BCUT2D eigenvalue weighted by molar-refractivity contribution is 7.89. The number of amides is 1. The van der Waals surface area contributed by atoms with Gasteiger partial charge in [0.25, 0.3) is 0 Å². The van der Waals surface area contributed by atoms with Gasteiger partial charge in [-0.1, -0.05) is 0 Å². The van der Waals surface area contributed by atoms with Crippen LogP contribution in [-0.2, 0) is 26.2 Å². The number of aliphatic carboxylic acids is 1. The molecule has 1 N–H and O–H groups in total. The lowest BCUT2D eigenvalue weighted by atomic mass is 10.4. The van der Waals surface area contributed by atoms with Crippen molar-refractivity contribution in [2.45, 2.75) is 17.9 Å². The summed E-state index contributed by atoms with van der Waals surface area (Å²) in [6.45, 7) is 0.103. The van der Waals surface area contributed by atoms with Crippen molar-refractivity contribution >= 4 is 21.9 Å². The second-order valence-corrected chi connectivity index (χ2v) is 6.71. The number of sulfonamides is 1. The second kappa shape index (κ2) is 5.82. The van der Waals surface area contributed by atoms with E-state index in [1.165, 1.54) is 4.90 Å². The fourth-order valence-corrected chi connectivity index (χ4v) is 3.40. The van der Waals surface area contributed by atoms with Gasteiger partial charge in [0, 0.05) is 26.3 Å². The number of carboxylic acid groups (broad SMARTS) is 1. The summed E-state index contributed by atoms with van der Waals surface area (Å²) in [6.07, 6.45) is 2.80. The van der Waals surface area contributed by atoms with Gasteiger partial charge in [0.15, 0.2) is 0 Å². The van der Waals surface area contributed by atoms with Gasteiger partial charge in [-0.25, -0.2) is 8.42 Å². The summed E-state index contributed by atoms with van der Waals surface area (Å²) in [4.78, 5) is 23.7. The van der Waals surface area contributed by atoms with Crippen molar-refractivity contribution < 1.29 is 23.1 Å². The van der Waals surface area contributed by atoms with Crippen LogP contribution in [0.2, 0.25) is 0 Å². The Morgan fingerprint density at radius 3 is 2.81 bits per heavy atom. The molecule has 1 aromatic rings. The third kappa shape index (κ3) is 3.39. The van der Waals surface area contributed by atoms with Gasteiger partial charge in [-0.15, -0.1) is 0 Å². The van der Waals surface area contributed by atoms with Gasteiger partial charge in [0.05, 0.1) is 12.7 Å². The first-order valence-corrected chi connectivity index (χ1v) is 7.73. The van der Waals surface area contributed by atoms with Crippen LogP contribution in [0.3, 0.4) is 0 Å². The normalized spacial score (nSPS) is 17.8. The van der Waals surface area contributed by atoms with Gasteiger partial charge in [0.2, 0.25) is 15.9 Å². The maximum absolute atomic E-state index is 12.4. The van der Waals surface area contributed by atoms with E-state index in [-0.39, 0.29) is 23.9 Å². The molecule has 10 heteroatoms. The van der Waals surface area contributed by atoms with Gasteiger partial charge in [-0.3, -0.25) is 14.3 Å². The highest BCUT2D eigenvalue weighted by atomic mass is 32.2. The predicted molar refractivity (Wildman–Crippen MR) is 70.9 cm³/mol. The zero-order chi connectivity index (χ0) is 15.6. The lowest BCUT2D eigenvalue weighted by Crippen LogP contribution is -2.37. The van der Waals surface area contributed by atoms with E-state index in [1.54, 1.807) is 7.05 Å². The molecule has 1 aliphatic heterocycles. The molecular formula is C11H16N4O5S. The molecule has 0 radical (unpaired) electrons. The number of hydrogen-bond acceptors (Lipinski definition) is 5. The van der Waals surface area contributed by atoms with Crippen LogP contribution in [-0.4, -0.2) is 71.1 Å². The number of carboxylic acids is 1. The Morgan fingerprint density at radius 1 is 1.43 bits per heavy atom. The molecule has 2 rings (SSSR count). The first kappa shape index (κ1) is 15.4. The minimum absolute atomic E-state index is 0.110. The highest BCUT2D eigenvalue weighted by Gasteiger charge is 2.30. The van der Waals surface area contributed by atoms with E-state index in [1.807, 2.05) is 0 Å². The Hall–Kier alpha value is -1.94. The molecule has 21 heavy (non-hydrogen) atoms. The largest absolute Gasteiger partial charge is 0.480 e. The van der Waals surface area contributed by atoms with E-state index in [0.717, 1.165) is 21.4 Å². The smallest absolute Gasteiger partial charge is 0.325 e. The van der Waals surface area contributed by atoms with Crippen molar-refractivity contribution in [2.75, 3.05) is 26.7 Å². The molecule has 2 heterocycles. The van der Waals surface area contributed by atoms with E-state index in [0.29, 0.717) is 13.0 Å². The molecular weight excluding hydrogens is 300 g/mol. The molecule has 1 aromatic heterocycles. The van der Waals surface area contributed by atoms with Crippen LogP contribution in [0.5, 0.6) is 0 Å². The van der Waals surface area contributed by atoms with Crippen LogP contribution in [0.25, 0.3) is 0 Å². The van der Waals surface area contributed by atoms with E-state index in [2.05, 4.69) is 5.10 Å². The Morgan fingerprint density at radius 2 is 2.14 bits per heavy atom.